The molecule has 9 nitrogen and oxygen atoms in total. The highest BCUT2D eigenvalue weighted by Gasteiger charge is 2.44. The number of amides is 1. The van der Waals surface area contributed by atoms with Crippen molar-refractivity contribution in [3.05, 3.63) is 36.5 Å². The summed E-state index contributed by atoms with van der Waals surface area (Å²) in [6, 6.07) is -0.725. The second kappa shape index (κ2) is 38.6. The van der Waals surface area contributed by atoms with Crippen molar-refractivity contribution in [1.29, 1.82) is 0 Å². The first kappa shape index (κ1) is 53.4. The Kier molecular flexibility index (Phi) is 36.2. The third-order valence-electron chi connectivity index (χ3n) is 11.2. The molecule has 7 unspecified atom stereocenters. The first-order valence-electron chi connectivity index (χ1n) is 23.7. The summed E-state index contributed by atoms with van der Waals surface area (Å²) in [5, 5.41) is 54.3. The average molecular weight is 808 g/mol. The Hall–Kier alpha value is -1.59. The molecule has 334 valence electrons. The zero-order valence-corrected chi connectivity index (χ0v) is 36.6. The van der Waals surface area contributed by atoms with Crippen LogP contribution in [0.4, 0.5) is 0 Å². The molecule has 1 aliphatic rings. The molecule has 0 bridgehead atoms. The minimum absolute atomic E-state index is 0.143. The maximum absolute atomic E-state index is 13.0. The van der Waals surface area contributed by atoms with E-state index in [2.05, 4.69) is 55.6 Å². The highest BCUT2D eigenvalue weighted by molar-refractivity contribution is 5.76. The number of carbonyl (C=O) groups excluding carboxylic acids is 1. The van der Waals surface area contributed by atoms with E-state index >= 15 is 0 Å². The number of carbonyl (C=O) groups is 1. The van der Waals surface area contributed by atoms with Crippen LogP contribution in [0.3, 0.4) is 0 Å². The van der Waals surface area contributed by atoms with Gasteiger partial charge in [0.1, 0.15) is 24.4 Å². The van der Waals surface area contributed by atoms with Crippen molar-refractivity contribution in [1.82, 2.24) is 5.32 Å². The molecule has 1 heterocycles. The second-order valence-electron chi connectivity index (χ2n) is 16.6. The van der Waals surface area contributed by atoms with Gasteiger partial charge in [0.15, 0.2) is 6.29 Å². The van der Waals surface area contributed by atoms with Crippen LogP contribution in [0.25, 0.3) is 0 Å². The third kappa shape index (κ3) is 29.3. The largest absolute Gasteiger partial charge is 0.394 e. The van der Waals surface area contributed by atoms with E-state index in [0.717, 1.165) is 64.2 Å². The van der Waals surface area contributed by atoms with E-state index < -0.39 is 49.5 Å². The van der Waals surface area contributed by atoms with Gasteiger partial charge in [0.25, 0.3) is 0 Å². The molecule has 0 radical (unpaired) electrons. The molecule has 0 saturated carbocycles. The highest BCUT2D eigenvalue weighted by atomic mass is 16.7. The number of aliphatic hydroxyl groups is 5. The smallest absolute Gasteiger partial charge is 0.220 e. The van der Waals surface area contributed by atoms with Gasteiger partial charge in [-0.05, 0) is 51.4 Å². The van der Waals surface area contributed by atoms with Crippen LogP contribution >= 0.6 is 0 Å². The summed E-state index contributed by atoms with van der Waals surface area (Å²) in [5.41, 5.74) is 0. The van der Waals surface area contributed by atoms with Gasteiger partial charge in [-0.25, -0.2) is 0 Å². The van der Waals surface area contributed by atoms with Gasteiger partial charge in [0.2, 0.25) is 5.91 Å². The second-order valence-corrected chi connectivity index (χ2v) is 16.6. The van der Waals surface area contributed by atoms with Crippen LogP contribution in [-0.4, -0.2) is 87.5 Å². The van der Waals surface area contributed by atoms with Crippen molar-refractivity contribution in [2.45, 2.75) is 249 Å². The van der Waals surface area contributed by atoms with Crippen LogP contribution in [-0.2, 0) is 14.3 Å². The molecule has 1 fully saturated rings. The van der Waals surface area contributed by atoms with Gasteiger partial charge in [-0.2, -0.15) is 0 Å². The molecular weight excluding hydrogens is 719 g/mol. The van der Waals surface area contributed by atoms with Gasteiger partial charge >= 0.3 is 0 Å². The monoisotopic (exact) mass is 808 g/mol. The molecule has 1 aliphatic heterocycles. The van der Waals surface area contributed by atoms with E-state index in [9.17, 15) is 30.3 Å². The lowest BCUT2D eigenvalue weighted by Gasteiger charge is -2.40. The molecule has 0 aromatic heterocycles. The first-order chi connectivity index (χ1) is 27.8. The van der Waals surface area contributed by atoms with Gasteiger partial charge in [0.05, 0.1) is 25.4 Å². The molecule has 57 heavy (non-hydrogen) atoms. The standard InChI is InChI=1S/C48H89NO8/c1-3-5-7-9-11-13-15-17-18-19-20-21-22-23-24-26-28-30-32-34-36-38-44(52)49-41(40-56-48-47(55)46(54)45(53)43(39-50)57-48)42(51)37-35-33-31-29-27-25-16-14-12-10-8-6-4-2/h15,17,19-20,22-23,41-43,45-48,50-51,53-55H,3-14,16,18,21,24-40H2,1-2H3,(H,49,52)/b17-15-,20-19-,23-22-. The maximum atomic E-state index is 13.0. The van der Waals surface area contributed by atoms with Crippen molar-refractivity contribution in [2.24, 2.45) is 0 Å². The molecule has 0 spiro atoms. The lowest BCUT2D eigenvalue weighted by molar-refractivity contribution is -0.302. The number of rotatable bonds is 39. The zero-order valence-electron chi connectivity index (χ0n) is 36.6. The Morgan fingerprint density at radius 2 is 1.04 bits per heavy atom. The third-order valence-corrected chi connectivity index (χ3v) is 11.2. The number of nitrogens with one attached hydrogen (secondary N) is 1. The van der Waals surface area contributed by atoms with E-state index in [4.69, 9.17) is 9.47 Å². The first-order valence-corrected chi connectivity index (χ1v) is 23.7. The van der Waals surface area contributed by atoms with Crippen molar-refractivity contribution in [3.63, 3.8) is 0 Å². The summed E-state index contributed by atoms with van der Waals surface area (Å²) in [5.74, 6) is -0.158. The highest BCUT2D eigenvalue weighted by Crippen LogP contribution is 2.23. The fourth-order valence-electron chi connectivity index (χ4n) is 7.40. The van der Waals surface area contributed by atoms with Gasteiger partial charge in [-0.3, -0.25) is 4.79 Å². The average Bonchev–Trinajstić information content (AvgIpc) is 3.21. The molecule has 1 saturated heterocycles. The molecule has 0 aliphatic carbocycles. The molecule has 7 atom stereocenters. The van der Waals surface area contributed by atoms with Crippen LogP contribution in [0.5, 0.6) is 0 Å². The van der Waals surface area contributed by atoms with Crippen LogP contribution in [0.1, 0.15) is 206 Å². The Morgan fingerprint density at radius 1 is 0.596 bits per heavy atom. The maximum Gasteiger partial charge on any atom is 0.220 e. The molecule has 1 rings (SSSR count). The van der Waals surface area contributed by atoms with Crippen molar-refractivity contribution in [2.75, 3.05) is 13.2 Å². The quantitative estimate of drug-likeness (QED) is 0.0266. The fraction of sp³-hybridized carbons (Fsp3) is 0.854. The predicted molar refractivity (Wildman–Crippen MR) is 235 cm³/mol. The van der Waals surface area contributed by atoms with Crippen LogP contribution in [0.15, 0.2) is 36.5 Å². The van der Waals surface area contributed by atoms with Gasteiger partial charge in [-0.1, -0.05) is 185 Å². The minimum atomic E-state index is -1.55. The number of hydrogen-bond donors (Lipinski definition) is 6. The van der Waals surface area contributed by atoms with Crippen molar-refractivity contribution in [3.8, 4) is 0 Å². The molecular formula is C48H89NO8. The Labute approximate surface area is 349 Å². The number of allylic oxidation sites excluding steroid dienone is 6. The minimum Gasteiger partial charge on any atom is -0.394 e. The van der Waals surface area contributed by atoms with E-state index in [0.29, 0.717) is 12.8 Å². The Balaban J connectivity index is 2.31. The van der Waals surface area contributed by atoms with E-state index in [1.807, 2.05) is 0 Å². The van der Waals surface area contributed by atoms with Crippen molar-refractivity contribution < 1.29 is 39.8 Å². The lowest BCUT2D eigenvalue weighted by Crippen LogP contribution is -2.60. The number of unbranched alkanes of at least 4 members (excludes halogenated alkanes) is 23. The van der Waals surface area contributed by atoms with Gasteiger partial charge < -0.3 is 40.3 Å². The van der Waals surface area contributed by atoms with Crippen LogP contribution in [0, 0.1) is 0 Å². The fourth-order valence-corrected chi connectivity index (χ4v) is 7.40. The molecule has 0 aromatic carbocycles. The van der Waals surface area contributed by atoms with E-state index in [-0.39, 0.29) is 12.5 Å². The summed E-state index contributed by atoms with van der Waals surface area (Å²) in [4.78, 5) is 13.0. The molecule has 6 N–H and O–H groups in total. The van der Waals surface area contributed by atoms with Gasteiger partial charge in [0, 0.05) is 6.42 Å². The molecule has 1 amide bonds. The topological polar surface area (TPSA) is 149 Å². The Bertz CT molecular complexity index is 987. The zero-order chi connectivity index (χ0) is 41.6. The SMILES string of the molecule is CCCCCCC/C=C\C/C=C\C/C=C\CCCCCCCCC(=O)NC(COC1OC(CO)C(O)C(O)C1O)C(O)CCCCCCCCCCCCCCC. The van der Waals surface area contributed by atoms with E-state index in [1.54, 1.807) is 0 Å². The summed E-state index contributed by atoms with van der Waals surface area (Å²) < 4.78 is 11.2. The Morgan fingerprint density at radius 3 is 1.53 bits per heavy atom. The van der Waals surface area contributed by atoms with Gasteiger partial charge in [-0.15, -0.1) is 0 Å². The van der Waals surface area contributed by atoms with Crippen molar-refractivity contribution >= 4 is 5.91 Å². The molecule has 0 aromatic rings. The summed E-state index contributed by atoms with van der Waals surface area (Å²) in [6.45, 7) is 3.81. The molecule has 9 heteroatoms. The van der Waals surface area contributed by atoms with E-state index in [1.165, 1.54) is 116 Å². The number of aliphatic hydroxyl groups excluding tert-OH is 5. The lowest BCUT2D eigenvalue weighted by atomic mass is 9.99. The predicted octanol–water partition coefficient (Wildman–Crippen LogP) is 10.1. The van der Waals surface area contributed by atoms with Crippen LogP contribution in [0.2, 0.25) is 0 Å². The summed E-state index contributed by atoms with van der Waals surface area (Å²) >= 11 is 0. The summed E-state index contributed by atoms with van der Waals surface area (Å²) in [7, 11) is 0. The normalized spacial score (nSPS) is 21.3. The summed E-state index contributed by atoms with van der Waals surface area (Å²) in [6.07, 6.45) is 40.0. The van der Waals surface area contributed by atoms with Crippen LogP contribution < -0.4 is 5.32 Å². The number of hydrogen-bond acceptors (Lipinski definition) is 8. The number of ether oxygens (including phenoxy) is 2.